The van der Waals surface area contributed by atoms with E-state index in [4.69, 9.17) is 18.9 Å². The van der Waals surface area contributed by atoms with Crippen LogP contribution in [0.5, 0.6) is 0 Å². The van der Waals surface area contributed by atoms with E-state index in [1.807, 2.05) is 22.9 Å². The van der Waals surface area contributed by atoms with Crippen LogP contribution in [0, 0.1) is 0 Å². The molecule has 0 radical (unpaired) electrons. The lowest BCUT2D eigenvalue weighted by molar-refractivity contribution is -0.154. The molecule has 50 heavy (non-hydrogen) atoms. The van der Waals surface area contributed by atoms with Crippen molar-refractivity contribution >= 4 is 47.5 Å². The van der Waals surface area contributed by atoms with Crippen LogP contribution in [0.1, 0.15) is 23.7 Å². The highest BCUT2D eigenvalue weighted by Gasteiger charge is 2.38. The van der Waals surface area contributed by atoms with Crippen molar-refractivity contribution in [3.05, 3.63) is 53.3 Å². The maximum absolute atomic E-state index is 13.0. The Labute approximate surface area is 284 Å². The van der Waals surface area contributed by atoms with Crippen LogP contribution in [-0.4, -0.2) is 123 Å². The Hall–Kier alpha value is -5.85. The van der Waals surface area contributed by atoms with Gasteiger partial charge in [0.1, 0.15) is 25.7 Å². The number of hydrogen-bond donors (Lipinski definition) is 4. The van der Waals surface area contributed by atoms with E-state index in [1.54, 1.807) is 18.3 Å². The summed E-state index contributed by atoms with van der Waals surface area (Å²) >= 11 is 0. The quantitative estimate of drug-likeness (QED) is 0.177. The predicted octanol–water partition coefficient (Wildman–Crippen LogP) is -3.22. The first-order valence-corrected chi connectivity index (χ1v) is 15.3. The van der Waals surface area contributed by atoms with E-state index < -0.39 is 99.6 Å². The van der Waals surface area contributed by atoms with Gasteiger partial charge in [0.2, 0.25) is 0 Å². The molecule has 4 rings (SSSR count). The Kier molecular flexibility index (Phi) is 13.0. The Morgan fingerprint density at radius 3 is 1.66 bits per heavy atom. The lowest BCUT2D eigenvalue weighted by Crippen LogP contribution is -2.46. The molecule has 19 nitrogen and oxygen atoms in total. The van der Waals surface area contributed by atoms with Gasteiger partial charge in [-0.05, 0) is 24.1 Å². The first-order valence-electron chi connectivity index (χ1n) is 15.3. The molecule has 2 aromatic rings. The lowest BCUT2D eigenvalue weighted by Gasteiger charge is -2.38. The molecule has 0 aliphatic carbocycles. The number of esters is 4. The van der Waals surface area contributed by atoms with E-state index >= 15 is 0 Å². The summed E-state index contributed by atoms with van der Waals surface area (Å²) in [4.78, 5) is 97.3. The monoisotopic (exact) mass is 700 g/mol. The van der Waals surface area contributed by atoms with Crippen LogP contribution in [0.3, 0.4) is 0 Å². The minimum absolute atomic E-state index is 0.0774. The summed E-state index contributed by atoms with van der Waals surface area (Å²) in [5.74, 6) is -7.55. The summed E-state index contributed by atoms with van der Waals surface area (Å²) in [6.45, 7) is -1.46. The number of rotatable bonds is 5. The number of nitrogens with zero attached hydrogens (tertiary/aromatic N) is 2. The van der Waals surface area contributed by atoms with E-state index in [-0.39, 0.29) is 11.8 Å². The number of aromatic nitrogens is 2. The van der Waals surface area contributed by atoms with Gasteiger partial charge in [0, 0.05) is 18.3 Å². The standard InChI is InChI=1S/C31H36N6O13/c1-31(17-46-18-31)22-6-7-35-37(22)12-20-4-2-19(3-5-20)8-21-30(45)50-15-25(40)34-10-28(43)48-13-23(38)32-9-27(42)47-14-24(39)33-11-29(44)49-16-26(41)36-21/h2-7,21H,8-18H2,1H3,(H,32,38)(H,33,39)(H,34,40)(H,36,41). The van der Waals surface area contributed by atoms with E-state index in [0.29, 0.717) is 25.3 Å². The van der Waals surface area contributed by atoms with Gasteiger partial charge in [0.25, 0.3) is 23.6 Å². The Balaban J connectivity index is 1.39. The SMILES string of the molecule is CC1(c2ccnn2Cc2ccc(CC3NC(=O)COC(=O)CNC(=O)COC(=O)CNC(=O)COC(=O)CNC(=O)COC3=O)cc2)COC1. The molecule has 1 unspecified atom stereocenters. The van der Waals surface area contributed by atoms with Gasteiger partial charge in [-0.2, -0.15) is 5.10 Å². The van der Waals surface area contributed by atoms with Crippen LogP contribution in [0.4, 0.5) is 0 Å². The average molecular weight is 701 g/mol. The van der Waals surface area contributed by atoms with Crippen LogP contribution in [0.25, 0.3) is 0 Å². The summed E-state index contributed by atoms with van der Waals surface area (Å²) in [6.07, 6.45) is 1.65. The molecule has 2 aliphatic rings. The van der Waals surface area contributed by atoms with Crippen LogP contribution >= 0.6 is 0 Å². The van der Waals surface area contributed by atoms with Gasteiger partial charge in [-0.3, -0.25) is 38.2 Å². The topological polar surface area (TPSA) is 249 Å². The maximum Gasteiger partial charge on any atom is 0.329 e. The predicted molar refractivity (Wildman–Crippen MR) is 164 cm³/mol. The van der Waals surface area contributed by atoms with Crippen molar-refractivity contribution < 1.29 is 62.0 Å². The lowest BCUT2D eigenvalue weighted by atomic mass is 9.85. The zero-order valence-corrected chi connectivity index (χ0v) is 27.0. The molecule has 3 heterocycles. The van der Waals surface area contributed by atoms with E-state index in [9.17, 15) is 38.4 Å². The third-order valence-corrected chi connectivity index (χ3v) is 7.32. The number of benzene rings is 1. The molecule has 0 spiro atoms. The molecule has 19 heteroatoms. The van der Waals surface area contributed by atoms with Gasteiger partial charge in [-0.15, -0.1) is 0 Å². The second-order valence-corrected chi connectivity index (χ2v) is 11.5. The Morgan fingerprint density at radius 1 is 0.680 bits per heavy atom. The van der Waals surface area contributed by atoms with Gasteiger partial charge < -0.3 is 45.0 Å². The molecular weight excluding hydrogens is 664 g/mol. The molecule has 4 N–H and O–H groups in total. The highest BCUT2D eigenvalue weighted by molar-refractivity contribution is 5.90. The molecule has 268 valence electrons. The molecule has 2 fully saturated rings. The molecule has 1 aromatic heterocycles. The third kappa shape index (κ3) is 11.4. The van der Waals surface area contributed by atoms with E-state index in [2.05, 4.69) is 38.0 Å². The number of cyclic esters (lactones) is 4. The van der Waals surface area contributed by atoms with Gasteiger partial charge in [-0.25, -0.2) is 4.79 Å². The first-order chi connectivity index (χ1) is 23.9. The van der Waals surface area contributed by atoms with Crippen molar-refractivity contribution in [1.82, 2.24) is 31.0 Å². The van der Waals surface area contributed by atoms with Crippen molar-refractivity contribution in [3.8, 4) is 0 Å². The molecule has 2 aliphatic heterocycles. The fraction of sp³-hybridized carbons (Fsp3) is 0.452. The maximum atomic E-state index is 13.0. The molecule has 4 amide bonds. The second kappa shape index (κ2) is 17.5. The number of amides is 4. The summed E-state index contributed by atoms with van der Waals surface area (Å²) < 4.78 is 26.5. The fourth-order valence-electron chi connectivity index (χ4n) is 4.64. The van der Waals surface area contributed by atoms with Gasteiger partial charge in [-0.1, -0.05) is 24.3 Å². The van der Waals surface area contributed by atoms with Crippen LogP contribution in [0.15, 0.2) is 36.5 Å². The summed E-state index contributed by atoms with van der Waals surface area (Å²) in [5.41, 5.74) is 2.45. The van der Waals surface area contributed by atoms with Gasteiger partial charge in [0.15, 0.2) is 26.4 Å². The molecular formula is C31H36N6O13. The zero-order chi connectivity index (χ0) is 36.1. The minimum Gasteiger partial charge on any atom is -0.454 e. The highest BCUT2D eigenvalue weighted by Crippen LogP contribution is 2.31. The second-order valence-electron chi connectivity index (χ2n) is 11.5. The normalized spacial score (nSPS) is 20.6. The van der Waals surface area contributed by atoms with Gasteiger partial charge >= 0.3 is 23.9 Å². The van der Waals surface area contributed by atoms with E-state index in [0.717, 1.165) is 11.3 Å². The number of carbonyl (C=O) groups is 8. The van der Waals surface area contributed by atoms with Crippen molar-refractivity contribution in [3.63, 3.8) is 0 Å². The molecule has 1 atom stereocenters. The van der Waals surface area contributed by atoms with Crippen LogP contribution < -0.4 is 21.3 Å². The molecule has 1 aromatic carbocycles. The number of hydrogen-bond acceptors (Lipinski definition) is 14. The summed E-state index contributed by atoms with van der Waals surface area (Å²) in [6, 6.07) is 7.78. The highest BCUT2D eigenvalue weighted by atomic mass is 16.6. The summed E-state index contributed by atoms with van der Waals surface area (Å²) in [5, 5.41) is 13.2. The van der Waals surface area contributed by atoms with Crippen molar-refractivity contribution in [1.29, 1.82) is 0 Å². The zero-order valence-electron chi connectivity index (χ0n) is 27.0. The Bertz CT molecular complexity index is 1600. The van der Waals surface area contributed by atoms with Gasteiger partial charge in [0.05, 0.1) is 25.2 Å². The molecule has 2 saturated heterocycles. The average Bonchev–Trinajstić information content (AvgIpc) is 3.55. The molecule has 0 saturated carbocycles. The smallest absolute Gasteiger partial charge is 0.329 e. The largest absolute Gasteiger partial charge is 0.454 e. The summed E-state index contributed by atoms with van der Waals surface area (Å²) in [7, 11) is 0. The third-order valence-electron chi connectivity index (χ3n) is 7.32. The first kappa shape index (κ1) is 37.0. The molecule has 0 bridgehead atoms. The minimum atomic E-state index is -1.33. The van der Waals surface area contributed by atoms with Crippen molar-refractivity contribution in [2.45, 2.75) is 31.3 Å². The fourth-order valence-corrected chi connectivity index (χ4v) is 4.64. The number of nitrogens with one attached hydrogen (secondary N) is 4. The Morgan fingerprint density at radius 2 is 1.16 bits per heavy atom. The van der Waals surface area contributed by atoms with E-state index in [1.165, 1.54) is 0 Å². The van der Waals surface area contributed by atoms with Crippen molar-refractivity contribution in [2.75, 3.05) is 59.3 Å². The number of ether oxygens (including phenoxy) is 5. The van der Waals surface area contributed by atoms with Crippen LogP contribution in [0.2, 0.25) is 0 Å². The van der Waals surface area contributed by atoms with Crippen LogP contribution in [-0.2, 0) is 80.4 Å². The van der Waals surface area contributed by atoms with Crippen molar-refractivity contribution in [2.24, 2.45) is 0 Å². The number of carbonyl (C=O) groups excluding carboxylic acids is 8.